The van der Waals surface area contributed by atoms with Crippen molar-refractivity contribution in [2.75, 3.05) is 31.1 Å². The molecule has 2 rings (SSSR count). The van der Waals surface area contributed by atoms with E-state index in [2.05, 4.69) is 22.0 Å². The maximum absolute atomic E-state index is 14.1. The number of hydrogen-bond acceptors (Lipinski definition) is 4. The van der Waals surface area contributed by atoms with E-state index in [1.807, 2.05) is 32.0 Å². The number of aliphatic hydroxyl groups is 1. The fourth-order valence-electron chi connectivity index (χ4n) is 3.20. The molecule has 1 N–H and O–H groups in total. The van der Waals surface area contributed by atoms with Crippen LogP contribution in [-0.2, 0) is 11.3 Å². The van der Waals surface area contributed by atoms with E-state index in [1.54, 1.807) is 21.9 Å². The molecule has 0 aliphatic carbocycles. The third-order valence-corrected chi connectivity index (χ3v) is 4.94. The van der Waals surface area contributed by atoms with Crippen molar-refractivity contribution in [3.63, 3.8) is 0 Å². The quantitative estimate of drug-likeness (QED) is 0.613. The number of amides is 1. The molecule has 0 aliphatic heterocycles. The van der Waals surface area contributed by atoms with Gasteiger partial charge >= 0.3 is 0 Å². The zero-order valence-corrected chi connectivity index (χ0v) is 18.2. The first kappa shape index (κ1) is 23.0. The summed E-state index contributed by atoms with van der Waals surface area (Å²) in [5.41, 5.74) is 3.23. The predicted molar refractivity (Wildman–Crippen MR) is 115 cm³/mol. The second-order valence-electron chi connectivity index (χ2n) is 6.97. The first-order valence-electron chi connectivity index (χ1n) is 9.36. The smallest absolute Gasteiger partial charge is 0.241 e. The van der Waals surface area contributed by atoms with Gasteiger partial charge in [-0.2, -0.15) is 5.26 Å². The van der Waals surface area contributed by atoms with Crippen molar-refractivity contribution in [1.82, 2.24) is 4.90 Å². The highest BCUT2D eigenvalue weighted by atomic mass is 79.9. The SMILES string of the molecule is Cc1cc(C)cc(N(CCC#N)C(=O)CN(CCO)Cc2cc(Br)ccc2F)c1. The van der Waals surface area contributed by atoms with Crippen LogP contribution in [0, 0.1) is 31.0 Å². The number of carbonyl (C=O) groups is 1. The van der Waals surface area contributed by atoms with Crippen molar-refractivity contribution in [2.24, 2.45) is 0 Å². The Hall–Kier alpha value is -2.27. The van der Waals surface area contributed by atoms with Gasteiger partial charge in [-0.3, -0.25) is 9.69 Å². The van der Waals surface area contributed by atoms with E-state index >= 15 is 0 Å². The monoisotopic (exact) mass is 461 g/mol. The molecule has 154 valence electrons. The third kappa shape index (κ3) is 6.93. The summed E-state index contributed by atoms with van der Waals surface area (Å²) in [6.45, 7) is 4.47. The van der Waals surface area contributed by atoms with E-state index in [0.29, 0.717) is 5.56 Å². The van der Waals surface area contributed by atoms with Gasteiger partial charge in [0, 0.05) is 35.4 Å². The molecule has 0 radical (unpaired) electrons. The van der Waals surface area contributed by atoms with Crippen LogP contribution in [0.5, 0.6) is 0 Å². The van der Waals surface area contributed by atoms with Crippen LogP contribution in [0.2, 0.25) is 0 Å². The van der Waals surface area contributed by atoms with Gasteiger partial charge in [0.2, 0.25) is 5.91 Å². The number of aliphatic hydroxyl groups excluding tert-OH is 1. The lowest BCUT2D eigenvalue weighted by Gasteiger charge is -2.27. The van der Waals surface area contributed by atoms with Crippen molar-refractivity contribution in [3.8, 4) is 6.07 Å². The molecule has 0 spiro atoms. The molecular weight excluding hydrogens is 437 g/mol. The second-order valence-corrected chi connectivity index (χ2v) is 7.89. The van der Waals surface area contributed by atoms with E-state index in [0.717, 1.165) is 21.3 Å². The average Bonchev–Trinajstić information content (AvgIpc) is 2.64. The van der Waals surface area contributed by atoms with Gasteiger partial charge in [0.05, 0.1) is 25.6 Å². The van der Waals surface area contributed by atoms with Gasteiger partial charge in [0.25, 0.3) is 0 Å². The minimum atomic E-state index is -0.362. The predicted octanol–water partition coefficient (Wildman–Crippen LogP) is 3.95. The number of carbonyl (C=O) groups excluding carboxylic acids is 1. The zero-order valence-electron chi connectivity index (χ0n) is 16.7. The fraction of sp³-hybridized carbons (Fsp3) is 0.364. The average molecular weight is 462 g/mol. The summed E-state index contributed by atoms with van der Waals surface area (Å²) in [5.74, 6) is -0.562. The number of rotatable bonds is 9. The molecule has 0 atom stereocenters. The zero-order chi connectivity index (χ0) is 21.4. The van der Waals surface area contributed by atoms with Crippen LogP contribution >= 0.6 is 15.9 Å². The largest absolute Gasteiger partial charge is 0.395 e. The normalized spacial score (nSPS) is 10.8. The van der Waals surface area contributed by atoms with Crippen LogP contribution < -0.4 is 4.90 Å². The molecule has 2 aromatic rings. The van der Waals surface area contributed by atoms with Gasteiger partial charge in [-0.1, -0.05) is 22.0 Å². The maximum atomic E-state index is 14.1. The Kier molecular flexibility index (Phi) is 8.77. The number of nitriles is 1. The van der Waals surface area contributed by atoms with Crippen LogP contribution in [-0.4, -0.2) is 42.2 Å². The fourth-order valence-corrected chi connectivity index (χ4v) is 3.61. The van der Waals surface area contributed by atoms with Crippen molar-refractivity contribution in [1.29, 1.82) is 5.26 Å². The van der Waals surface area contributed by atoms with Gasteiger partial charge in [-0.25, -0.2) is 4.39 Å². The summed E-state index contributed by atoms with van der Waals surface area (Å²) in [5, 5.41) is 18.4. The molecule has 5 nitrogen and oxygen atoms in total. The molecule has 0 bridgehead atoms. The van der Waals surface area contributed by atoms with Crippen molar-refractivity contribution >= 4 is 27.5 Å². The number of hydrogen-bond donors (Lipinski definition) is 1. The van der Waals surface area contributed by atoms with Gasteiger partial charge in [-0.05, 0) is 55.3 Å². The molecule has 0 fully saturated rings. The minimum Gasteiger partial charge on any atom is -0.395 e. The van der Waals surface area contributed by atoms with Crippen molar-refractivity contribution < 1.29 is 14.3 Å². The van der Waals surface area contributed by atoms with Gasteiger partial charge in [0.1, 0.15) is 5.82 Å². The Labute approximate surface area is 179 Å². The summed E-state index contributed by atoms with van der Waals surface area (Å²) in [4.78, 5) is 16.4. The summed E-state index contributed by atoms with van der Waals surface area (Å²) in [6.07, 6.45) is 0.207. The van der Waals surface area contributed by atoms with Gasteiger partial charge < -0.3 is 10.0 Å². The molecule has 2 aromatic carbocycles. The standard InChI is InChI=1S/C22H25BrFN3O2/c1-16-10-17(2)12-20(11-16)27(7-3-6-25)22(29)15-26(8-9-28)14-18-13-19(23)4-5-21(18)24/h4-5,10-13,28H,3,7-9,14-15H2,1-2H3. The van der Waals surface area contributed by atoms with E-state index < -0.39 is 0 Å². The Morgan fingerprint density at radius 2 is 1.86 bits per heavy atom. The van der Waals surface area contributed by atoms with Crippen LogP contribution in [0.3, 0.4) is 0 Å². The summed E-state index contributed by atoms with van der Waals surface area (Å²) in [7, 11) is 0. The second kappa shape index (κ2) is 11.1. The Morgan fingerprint density at radius 3 is 2.48 bits per heavy atom. The molecule has 29 heavy (non-hydrogen) atoms. The van der Waals surface area contributed by atoms with Crippen molar-refractivity contribution in [2.45, 2.75) is 26.8 Å². The number of anilines is 1. The Morgan fingerprint density at radius 1 is 1.17 bits per heavy atom. The topological polar surface area (TPSA) is 67.6 Å². The van der Waals surface area contributed by atoms with E-state index in [4.69, 9.17) is 5.26 Å². The molecule has 0 saturated carbocycles. The number of halogens is 2. The maximum Gasteiger partial charge on any atom is 0.241 e. The lowest BCUT2D eigenvalue weighted by molar-refractivity contribution is -0.120. The molecule has 0 unspecified atom stereocenters. The van der Waals surface area contributed by atoms with Gasteiger partial charge in [0.15, 0.2) is 0 Å². The van der Waals surface area contributed by atoms with Gasteiger partial charge in [-0.15, -0.1) is 0 Å². The molecule has 0 saturated heterocycles. The van der Waals surface area contributed by atoms with Crippen molar-refractivity contribution in [3.05, 3.63) is 63.4 Å². The Bertz CT molecular complexity index is 878. The number of nitrogens with zero attached hydrogens (tertiary/aromatic N) is 3. The molecule has 0 aliphatic rings. The molecule has 7 heteroatoms. The highest BCUT2D eigenvalue weighted by molar-refractivity contribution is 9.10. The van der Waals surface area contributed by atoms with E-state index in [1.165, 1.54) is 6.07 Å². The highest BCUT2D eigenvalue weighted by Gasteiger charge is 2.20. The number of benzene rings is 2. The van der Waals surface area contributed by atoms with E-state index in [-0.39, 0.29) is 50.9 Å². The summed E-state index contributed by atoms with van der Waals surface area (Å²) < 4.78 is 14.9. The lowest BCUT2D eigenvalue weighted by atomic mass is 10.1. The minimum absolute atomic E-state index is 0.00489. The summed E-state index contributed by atoms with van der Waals surface area (Å²) >= 11 is 3.33. The van der Waals surface area contributed by atoms with Crippen LogP contribution in [0.1, 0.15) is 23.1 Å². The Balaban J connectivity index is 2.23. The highest BCUT2D eigenvalue weighted by Crippen LogP contribution is 2.21. The number of aryl methyl sites for hydroxylation is 2. The van der Waals surface area contributed by atoms with Crippen LogP contribution in [0.25, 0.3) is 0 Å². The first-order valence-corrected chi connectivity index (χ1v) is 10.2. The molecule has 0 heterocycles. The van der Waals surface area contributed by atoms with Crippen LogP contribution in [0.4, 0.5) is 10.1 Å². The lowest BCUT2D eigenvalue weighted by Crippen LogP contribution is -2.42. The molecule has 1 amide bonds. The molecule has 0 aromatic heterocycles. The van der Waals surface area contributed by atoms with Crippen LogP contribution in [0.15, 0.2) is 40.9 Å². The molecular formula is C22H25BrFN3O2. The third-order valence-electron chi connectivity index (χ3n) is 4.44. The first-order chi connectivity index (χ1) is 13.8. The van der Waals surface area contributed by atoms with E-state index in [9.17, 15) is 14.3 Å². The summed E-state index contributed by atoms with van der Waals surface area (Å²) in [6, 6.07) is 12.6.